The first-order valence-electron chi connectivity index (χ1n) is 3.22. The molecule has 0 aromatic heterocycles. The Morgan fingerprint density at radius 2 is 1.92 bits per heavy atom. The molecular weight excluding hydrogens is 198 g/mol. The summed E-state index contributed by atoms with van der Waals surface area (Å²) in [6.07, 6.45) is 2.41. The number of carbonyl (C=O) groups is 2. The van der Waals surface area contributed by atoms with Gasteiger partial charge in [-0.15, -0.1) is 12.4 Å². The molecule has 5 nitrogen and oxygen atoms in total. The average Bonchev–Trinajstić information content (AvgIpc) is 2.04. The minimum Gasteiger partial charge on any atom is -0.478 e. The first-order valence-corrected chi connectivity index (χ1v) is 3.22. The number of halogens is 1. The first kappa shape index (κ1) is 11.5. The summed E-state index contributed by atoms with van der Waals surface area (Å²) < 4.78 is 0. The third-order valence-corrected chi connectivity index (χ3v) is 1.40. The topological polar surface area (TPSA) is 86.6 Å². The lowest BCUT2D eigenvalue weighted by atomic mass is 10.1. The molecule has 1 aliphatic rings. The molecule has 1 heterocycles. The molecule has 0 fully saturated rings. The normalized spacial score (nSPS) is 14.5. The zero-order valence-electron chi connectivity index (χ0n) is 6.48. The lowest BCUT2D eigenvalue weighted by Gasteiger charge is -2.09. The molecule has 6 heteroatoms. The van der Waals surface area contributed by atoms with Crippen molar-refractivity contribution in [3.63, 3.8) is 0 Å². The van der Waals surface area contributed by atoms with E-state index in [-0.39, 0.29) is 30.1 Å². The van der Waals surface area contributed by atoms with Gasteiger partial charge in [0, 0.05) is 12.7 Å². The molecule has 0 saturated heterocycles. The van der Waals surface area contributed by atoms with Crippen LogP contribution in [0.3, 0.4) is 0 Å². The van der Waals surface area contributed by atoms with Gasteiger partial charge in [0.25, 0.3) is 0 Å². The van der Waals surface area contributed by atoms with Crippen molar-refractivity contribution in [2.75, 3.05) is 6.54 Å². The Labute approximate surface area is 80.2 Å². The maximum absolute atomic E-state index is 10.4. The van der Waals surface area contributed by atoms with Crippen LogP contribution in [0.25, 0.3) is 0 Å². The third kappa shape index (κ3) is 2.79. The van der Waals surface area contributed by atoms with E-state index in [0.717, 1.165) is 6.08 Å². The molecule has 0 bridgehead atoms. The summed E-state index contributed by atoms with van der Waals surface area (Å²) in [5.74, 6) is -2.24. The fourth-order valence-corrected chi connectivity index (χ4v) is 0.812. The SMILES string of the molecule is Cl.O=C(O)C1=CNCC(C(=O)O)=C1. The summed E-state index contributed by atoms with van der Waals surface area (Å²) in [4.78, 5) is 20.8. The number of hydrogen-bond acceptors (Lipinski definition) is 3. The Hall–Kier alpha value is -1.49. The minimum absolute atomic E-state index is 0. The highest BCUT2D eigenvalue weighted by atomic mass is 35.5. The van der Waals surface area contributed by atoms with Crippen molar-refractivity contribution < 1.29 is 19.8 Å². The molecule has 0 aromatic rings. The number of carboxylic acid groups (broad SMARTS) is 2. The van der Waals surface area contributed by atoms with Gasteiger partial charge in [0.2, 0.25) is 0 Å². The summed E-state index contributed by atoms with van der Waals surface area (Å²) in [7, 11) is 0. The quantitative estimate of drug-likeness (QED) is 0.590. The molecule has 1 rings (SSSR count). The van der Waals surface area contributed by atoms with Crippen LogP contribution in [0.15, 0.2) is 23.4 Å². The highest BCUT2D eigenvalue weighted by Gasteiger charge is 2.14. The Morgan fingerprint density at radius 1 is 1.31 bits per heavy atom. The van der Waals surface area contributed by atoms with E-state index in [1.807, 2.05) is 0 Å². The van der Waals surface area contributed by atoms with Gasteiger partial charge in [-0.2, -0.15) is 0 Å². The van der Waals surface area contributed by atoms with E-state index in [2.05, 4.69) is 5.32 Å². The van der Waals surface area contributed by atoms with Crippen molar-refractivity contribution in [2.45, 2.75) is 0 Å². The van der Waals surface area contributed by atoms with Crippen LogP contribution < -0.4 is 5.32 Å². The van der Waals surface area contributed by atoms with Gasteiger partial charge in [-0.05, 0) is 6.08 Å². The van der Waals surface area contributed by atoms with Crippen LogP contribution in [0.4, 0.5) is 0 Å². The van der Waals surface area contributed by atoms with Crippen LogP contribution in [0.1, 0.15) is 0 Å². The number of dihydropyridines is 1. The molecule has 0 unspecified atom stereocenters. The lowest BCUT2D eigenvalue weighted by molar-refractivity contribution is -0.132. The summed E-state index contributed by atoms with van der Waals surface area (Å²) in [6.45, 7) is 0.159. The number of hydrogen-bond donors (Lipinski definition) is 3. The largest absolute Gasteiger partial charge is 0.478 e. The zero-order valence-corrected chi connectivity index (χ0v) is 7.30. The summed E-state index contributed by atoms with van der Waals surface area (Å²) in [6, 6.07) is 0. The summed E-state index contributed by atoms with van der Waals surface area (Å²) in [5, 5.41) is 19.6. The molecule has 0 amide bonds. The van der Waals surface area contributed by atoms with Crippen LogP contribution in [0.2, 0.25) is 0 Å². The molecule has 0 radical (unpaired) electrons. The molecule has 0 saturated carbocycles. The predicted molar refractivity (Wildman–Crippen MR) is 46.7 cm³/mol. The second-order valence-electron chi connectivity index (χ2n) is 2.26. The fraction of sp³-hybridized carbons (Fsp3) is 0.143. The van der Waals surface area contributed by atoms with E-state index in [4.69, 9.17) is 10.2 Å². The van der Waals surface area contributed by atoms with E-state index >= 15 is 0 Å². The van der Waals surface area contributed by atoms with Crippen molar-refractivity contribution in [3.05, 3.63) is 23.4 Å². The maximum atomic E-state index is 10.4. The monoisotopic (exact) mass is 205 g/mol. The van der Waals surface area contributed by atoms with E-state index < -0.39 is 11.9 Å². The van der Waals surface area contributed by atoms with Crippen molar-refractivity contribution >= 4 is 24.3 Å². The number of nitrogens with one attached hydrogen (secondary N) is 1. The molecule has 3 N–H and O–H groups in total. The molecular formula is C7H8ClNO4. The molecule has 0 spiro atoms. The molecule has 72 valence electrons. The van der Waals surface area contributed by atoms with Crippen LogP contribution in [0, 0.1) is 0 Å². The van der Waals surface area contributed by atoms with Gasteiger partial charge in [0.15, 0.2) is 0 Å². The lowest BCUT2D eigenvalue weighted by Crippen LogP contribution is -2.22. The highest BCUT2D eigenvalue weighted by molar-refractivity contribution is 5.95. The number of rotatable bonds is 2. The van der Waals surface area contributed by atoms with E-state index in [0.29, 0.717) is 0 Å². The van der Waals surface area contributed by atoms with Crippen LogP contribution in [-0.2, 0) is 9.59 Å². The molecule has 13 heavy (non-hydrogen) atoms. The van der Waals surface area contributed by atoms with E-state index in [1.165, 1.54) is 6.20 Å². The van der Waals surface area contributed by atoms with Gasteiger partial charge in [-0.3, -0.25) is 0 Å². The Bertz CT molecular complexity index is 295. The average molecular weight is 206 g/mol. The van der Waals surface area contributed by atoms with E-state index in [1.54, 1.807) is 0 Å². The Balaban J connectivity index is 0.00000144. The molecule has 0 aromatic carbocycles. The third-order valence-electron chi connectivity index (χ3n) is 1.40. The van der Waals surface area contributed by atoms with Gasteiger partial charge in [0.1, 0.15) is 0 Å². The Kier molecular flexibility index (Phi) is 4.00. The van der Waals surface area contributed by atoms with Crippen LogP contribution in [-0.4, -0.2) is 28.7 Å². The second kappa shape index (κ2) is 4.51. The highest BCUT2D eigenvalue weighted by Crippen LogP contribution is 2.06. The smallest absolute Gasteiger partial charge is 0.337 e. The van der Waals surface area contributed by atoms with Crippen LogP contribution >= 0.6 is 12.4 Å². The van der Waals surface area contributed by atoms with Gasteiger partial charge < -0.3 is 15.5 Å². The van der Waals surface area contributed by atoms with Crippen molar-refractivity contribution in [1.29, 1.82) is 0 Å². The number of aliphatic carboxylic acids is 2. The second-order valence-corrected chi connectivity index (χ2v) is 2.26. The molecule has 1 aliphatic heterocycles. The van der Waals surface area contributed by atoms with Crippen LogP contribution in [0.5, 0.6) is 0 Å². The van der Waals surface area contributed by atoms with E-state index in [9.17, 15) is 9.59 Å². The zero-order chi connectivity index (χ0) is 9.14. The minimum atomic E-state index is -1.14. The Morgan fingerprint density at radius 3 is 2.38 bits per heavy atom. The molecule has 0 aliphatic carbocycles. The first-order chi connectivity index (χ1) is 5.61. The predicted octanol–water partition coefficient (Wildman–Crippen LogP) is -0.00910. The summed E-state index contributed by atoms with van der Waals surface area (Å²) >= 11 is 0. The molecule has 0 atom stereocenters. The van der Waals surface area contributed by atoms with Gasteiger partial charge >= 0.3 is 11.9 Å². The standard InChI is InChI=1S/C7H7NO4.ClH/c9-6(10)4-1-5(7(11)12)3-8-2-4;/h1-2,8H,3H2,(H,9,10)(H,11,12);1H. The van der Waals surface area contributed by atoms with Gasteiger partial charge in [-0.25, -0.2) is 9.59 Å². The van der Waals surface area contributed by atoms with Crippen molar-refractivity contribution in [3.8, 4) is 0 Å². The van der Waals surface area contributed by atoms with Crippen molar-refractivity contribution in [2.24, 2.45) is 0 Å². The van der Waals surface area contributed by atoms with Gasteiger partial charge in [-0.1, -0.05) is 0 Å². The summed E-state index contributed by atoms with van der Waals surface area (Å²) in [5.41, 5.74) is 0.00792. The maximum Gasteiger partial charge on any atom is 0.337 e. The van der Waals surface area contributed by atoms with Gasteiger partial charge in [0.05, 0.1) is 11.1 Å². The van der Waals surface area contributed by atoms with Crippen molar-refractivity contribution in [1.82, 2.24) is 5.32 Å². The fourth-order valence-electron chi connectivity index (χ4n) is 0.812. The number of carboxylic acids is 2.